The van der Waals surface area contributed by atoms with E-state index in [-0.39, 0.29) is 16.9 Å². The molecule has 1 fully saturated rings. The lowest BCUT2D eigenvalue weighted by Gasteiger charge is -2.37. The average molecular weight is 394 g/mol. The number of aromatic nitrogens is 2. The molecule has 0 unspecified atom stereocenters. The number of primary amides is 1. The number of aromatic amines is 1. The minimum absolute atomic E-state index is 0.0193. The molecule has 1 saturated heterocycles. The molecular formula is C21H26N6O2. The highest BCUT2D eigenvalue weighted by Crippen LogP contribution is 2.26. The van der Waals surface area contributed by atoms with Crippen molar-refractivity contribution in [2.24, 2.45) is 11.1 Å². The van der Waals surface area contributed by atoms with E-state index >= 15 is 0 Å². The SMILES string of the molecule is CC(C)(C)CC(=O)N1CCN(c2cnc3[nH]cc(/C=C(\C#N)C(N)=O)c3c2)CC1. The molecule has 0 radical (unpaired) electrons. The maximum Gasteiger partial charge on any atom is 0.259 e. The molecule has 0 spiro atoms. The largest absolute Gasteiger partial charge is 0.367 e. The summed E-state index contributed by atoms with van der Waals surface area (Å²) >= 11 is 0. The molecule has 0 aliphatic carbocycles. The van der Waals surface area contributed by atoms with Crippen LogP contribution < -0.4 is 10.6 Å². The van der Waals surface area contributed by atoms with E-state index in [1.165, 1.54) is 6.08 Å². The Labute approximate surface area is 170 Å². The van der Waals surface area contributed by atoms with E-state index < -0.39 is 5.91 Å². The van der Waals surface area contributed by atoms with Crippen molar-refractivity contribution in [3.63, 3.8) is 0 Å². The number of anilines is 1. The van der Waals surface area contributed by atoms with Gasteiger partial charge in [0, 0.05) is 49.7 Å². The fraction of sp³-hybridized carbons (Fsp3) is 0.429. The molecule has 0 aromatic carbocycles. The van der Waals surface area contributed by atoms with Crippen molar-refractivity contribution in [2.75, 3.05) is 31.1 Å². The summed E-state index contributed by atoms with van der Waals surface area (Å²) in [7, 11) is 0. The van der Waals surface area contributed by atoms with E-state index in [9.17, 15) is 9.59 Å². The van der Waals surface area contributed by atoms with Gasteiger partial charge in [-0.25, -0.2) is 4.98 Å². The first-order valence-corrected chi connectivity index (χ1v) is 9.59. The molecule has 2 aromatic heterocycles. The van der Waals surface area contributed by atoms with Crippen LogP contribution in [0.15, 0.2) is 24.0 Å². The number of amides is 2. The molecule has 0 bridgehead atoms. The number of H-pyrrole nitrogens is 1. The minimum Gasteiger partial charge on any atom is -0.367 e. The molecule has 1 aliphatic heterocycles. The Morgan fingerprint density at radius 2 is 2.00 bits per heavy atom. The summed E-state index contributed by atoms with van der Waals surface area (Å²) in [5.74, 6) is -0.568. The van der Waals surface area contributed by atoms with Crippen molar-refractivity contribution in [1.82, 2.24) is 14.9 Å². The summed E-state index contributed by atoms with van der Waals surface area (Å²) in [6.07, 6.45) is 5.50. The van der Waals surface area contributed by atoms with E-state index in [0.717, 1.165) is 24.2 Å². The zero-order chi connectivity index (χ0) is 21.2. The van der Waals surface area contributed by atoms with Crippen LogP contribution in [0.25, 0.3) is 17.1 Å². The van der Waals surface area contributed by atoms with Crippen LogP contribution in [0, 0.1) is 16.7 Å². The van der Waals surface area contributed by atoms with Gasteiger partial charge in [-0.05, 0) is 17.6 Å². The molecule has 1 aliphatic rings. The highest BCUT2D eigenvalue weighted by Gasteiger charge is 2.25. The average Bonchev–Trinajstić information content (AvgIpc) is 3.06. The van der Waals surface area contributed by atoms with Gasteiger partial charge in [0.25, 0.3) is 5.91 Å². The number of nitriles is 1. The molecule has 3 N–H and O–H groups in total. The molecule has 29 heavy (non-hydrogen) atoms. The Kier molecular flexibility index (Phi) is 5.59. The Bertz CT molecular complexity index is 1000. The van der Waals surface area contributed by atoms with Gasteiger partial charge in [0.15, 0.2) is 0 Å². The molecule has 0 saturated carbocycles. The predicted molar refractivity (Wildman–Crippen MR) is 112 cm³/mol. The molecule has 0 atom stereocenters. The third-order valence-corrected chi connectivity index (χ3v) is 4.91. The van der Waals surface area contributed by atoms with Crippen molar-refractivity contribution in [3.05, 3.63) is 29.6 Å². The number of hydrogen-bond acceptors (Lipinski definition) is 5. The summed E-state index contributed by atoms with van der Waals surface area (Å²) in [5.41, 5.74) is 7.39. The lowest BCUT2D eigenvalue weighted by atomic mass is 9.91. The van der Waals surface area contributed by atoms with Crippen LogP contribution in [0.4, 0.5) is 5.69 Å². The second-order valence-corrected chi connectivity index (χ2v) is 8.47. The van der Waals surface area contributed by atoms with Crippen LogP contribution in [0.3, 0.4) is 0 Å². The lowest BCUT2D eigenvalue weighted by Crippen LogP contribution is -2.49. The van der Waals surface area contributed by atoms with Crippen molar-refractivity contribution in [2.45, 2.75) is 27.2 Å². The first-order chi connectivity index (χ1) is 13.7. The Balaban J connectivity index is 1.77. The number of rotatable bonds is 4. The van der Waals surface area contributed by atoms with E-state index in [1.54, 1.807) is 12.4 Å². The van der Waals surface area contributed by atoms with Crippen molar-refractivity contribution in [1.29, 1.82) is 5.26 Å². The zero-order valence-corrected chi connectivity index (χ0v) is 17.0. The van der Waals surface area contributed by atoms with E-state index in [1.807, 2.05) is 17.0 Å². The standard InChI is InChI=1S/C21H26N6O2/c1-21(2,3)10-18(28)27-6-4-26(5-7-27)16-9-17-15(8-14(11-22)19(23)29)12-24-20(17)25-13-16/h8-9,12-13H,4-7,10H2,1-3H3,(H2,23,29)(H,24,25)/b14-8+. The first kappa shape index (κ1) is 20.4. The second kappa shape index (κ2) is 7.95. The van der Waals surface area contributed by atoms with Gasteiger partial charge in [0.1, 0.15) is 17.3 Å². The monoisotopic (exact) mass is 394 g/mol. The smallest absolute Gasteiger partial charge is 0.259 e. The zero-order valence-electron chi connectivity index (χ0n) is 17.0. The number of carbonyl (C=O) groups excluding carboxylic acids is 2. The second-order valence-electron chi connectivity index (χ2n) is 8.47. The normalized spacial score (nSPS) is 15.4. The summed E-state index contributed by atoms with van der Waals surface area (Å²) in [6.45, 7) is 9.01. The van der Waals surface area contributed by atoms with Gasteiger partial charge in [0.2, 0.25) is 5.91 Å². The number of nitrogens with one attached hydrogen (secondary N) is 1. The third-order valence-electron chi connectivity index (χ3n) is 4.91. The summed E-state index contributed by atoms with van der Waals surface area (Å²) in [6, 6.07) is 3.80. The summed E-state index contributed by atoms with van der Waals surface area (Å²) in [4.78, 5) is 35.4. The van der Waals surface area contributed by atoms with Gasteiger partial charge in [-0.1, -0.05) is 20.8 Å². The molecule has 152 valence electrons. The van der Waals surface area contributed by atoms with E-state index in [0.29, 0.717) is 30.7 Å². The number of nitrogens with zero attached hydrogens (tertiary/aromatic N) is 4. The number of hydrogen-bond donors (Lipinski definition) is 2. The summed E-state index contributed by atoms with van der Waals surface area (Å²) in [5, 5.41) is 9.89. The first-order valence-electron chi connectivity index (χ1n) is 9.59. The van der Waals surface area contributed by atoms with Crippen molar-refractivity contribution >= 4 is 34.6 Å². The molecule has 8 nitrogen and oxygen atoms in total. The number of piperazine rings is 1. The van der Waals surface area contributed by atoms with E-state index in [4.69, 9.17) is 11.0 Å². The van der Waals surface area contributed by atoms with Gasteiger partial charge in [-0.15, -0.1) is 0 Å². The topological polar surface area (TPSA) is 119 Å². The number of nitrogens with two attached hydrogens (primary N) is 1. The maximum atomic E-state index is 12.4. The minimum atomic E-state index is -0.762. The van der Waals surface area contributed by atoms with Crippen LogP contribution in [0.5, 0.6) is 0 Å². The number of pyridine rings is 1. The molecule has 3 heterocycles. The quantitative estimate of drug-likeness (QED) is 0.607. The highest BCUT2D eigenvalue weighted by atomic mass is 16.2. The van der Waals surface area contributed by atoms with Gasteiger partial charge in [-0.3, -0.25) is 9.59 Å². The molecular weight excluding hydrogens is 368 g/mol. The van der Waals surface area contributed by atoms with E-state index in [2.05, 4.69) is 35.6 Å². The Morgan fingerprint density at radius 1 is 1.31 bits per heavy atom. The van der Waals surface area contributed by atoms with Crippen LogP contribution in [0.1, 0.15) is 32.8 Å². The Hall–Kier alpha value is -3.34. The van der Waals surface area contributed by atoms with Crippen LogP contribution in [0.2, 0.25) is 0 Å². The van der Waals surface area contributed by atoms with Gasteiger partial charge < -0.3 is 20.5 Å². The molecule has 2 amide bonds. The highest BCUT2D eigenvalue weighted by molar-refractivity contribution is 6.03. The van der Waals surface area contributed by atoms with Crippen LogP contribution >= 0.6 is 0 Å². The van der Waals surface area contributed by atoms with Gasteiger partial charge in [-0.2, -0.15) is 5.26 Å². The number of carbonyl (C=O) groups is 2. The van der Waals surface area contributed by atoms with Crippen molar-refractivity contribution in [3.8, 4) is 6.07 Å². The number of fused-ring (bicyclic) bond motifs is 1. The van der Waals surface area contributed by atoms with Gasteiger partial charge in [0.05, 0.1) is 11.9 Å². The van der Waals surface area contributed by atoms with Crippen LogP contribution in [-0.2, 0) is 9.59 Å². The molecule has 8 heteroatoms. The van der Waals surface area contributed by atoms with Crippen molar-refractivity contribution < 1.29 is 9.59 Å². The lowest BCUT2D eigenvalue weighted by molar-refractivity contribution is -0.133. The van der Waals surface area contributed by atoms with Gasteiger partial charge >= 0.3 is 0 Å². The van der Waals surface area contributed by atoms with Crippen LogP contribution in [-0.4, -0.2) is 52.9 Å². The molecule has 2 aromatic rings. The third kappa shape index (κ3) is 4.74. The maximum absolute atomic E-state index is 12.4. The summed E-state index contributed by atoms with van der Waals surface area (Å²) < 4.78 is 0. The fourth-order valence-corrected chi connectivity index (χ4v) is 3.40. The predicted octanol–water partition coefficient (Wildman–Crippen LogP) is 2.04. The molecule has 3 rings (SSSR count). The fourth-order valence-electron chi connectivity index (χ4n) is 3.40. The Morgan fingerprint density at radius 3 is 2.59 bits per heavy atom.